The Morgan fingerprint density at radius 2 is 2.25 bits per heavy atom. The second-order valence-electron chi connectivity index (χ2n) is 2.87. The van der Waals surface area contributed by atoms with Crippen molar-refractivity contribution in [1.82, 2.24) is 0 Å². The lowest BCUT2D eigenvalue weighted by molar-refractivity contribution is 0.0522. The number of rotatable bonds is 3. The van der Waals surface area contributed by atoms with Crippen LogP contribution < -0.4 is 4.74 Å². The molecule has 0 aromatic heterocycles. The number of hydrogen-bond donors (Lipinski definition) is 1. The first-order valence-corrected chi connectivity index (χ1v) is 5.07. The summed E-state index contributed by atoms with van der Waals surface area (Å²) in [6.07, 6.45) is 0. The summed E-state index contributed by atoms with van der Waals surface area (Å²) in [4.78, 5) is 11.8. The van der Waals surface area contributed by atoms with Gasteiger partial charge in [-0.3, -0.25) is 0 Å². The highest BCUT2D eigenvalue weighted by atomic mass is 32.1. The lowest BCUT2D eigenvalue weighted by atomic mass is 10.1. The Balaban J connectivity index is 3.25. The van der Waals surface area contributed by atoms with Gasteiger partial charge in [-0.2, -0.15) is 5.26 Å². The van der Waals surface area contributed by atoms with E-state index in [0.29, 0.717) is 5.75 Å². The third-order valence-electron chi connectivity index (χ3n) is 1.97. The van der Waals surface area contributed by atoms with Crippen molar-refractivity contribution in [1.29, 1.82) is 5.26 Å². The number of carbonyl (C=O) groups is 1. The average molecular weight is 237 g/mol. The molecule has 5 heteroatoms. The molecule has 0 N–H and O–H groups in total. The predicted molar refractivity (Wildman–Crippen MR) is 60.9 cm³/mol. The van der Waals surface area contributed by atoms with Crippen molar-refractivity contribution in [3.8, 4) is 11.8 Å². The van der Waals surface area contributed by atoms with Gasteiger partial charge in [0.1, 0.15) is 17.4 Å². The van der Waals surface area contributed by atoms with Gasteiger partial charge in [0.15, 0.2) is 0 Å². The maximum absolute atomic E-state index is 11.5. The first-order chi connectivity index (χ1) is 7.65. The number of benzene rings is 1. The molecule has 1 aromatic carbocycles. The molecule has 16 heavy (non-hydrogen) atoms. The van der Waals surface area contributed by atoms with Crippen molar-refractivity contribution in [2.45, 2.75) is 11.8 Å². The van der Waals surface area contributed by atoms with E-state index in [1.165, 1.54) is 13.2 Å². The molecule has 0 aliphatic heterocycles. The Hall–Kier alpha value is -1.67. The molecule has 0 saturated heterocycles. The van der Waals surface area contributed by atoms with Gasteiger partial charge in [-0.05, 0) is 19.1 Å². The molecule has 0 unspecified atom stereocenters. The Kier molecular flexibility index (Phi) is 4.20. The summed E-state index contributed by atoms with van der Waals surface area (Å²) in [5.41, 5.74) is 0.499. The van der Waals surface area contributed by atoms with Crippen LogP contribution in [0.2, 0.25) is 0 Å². The number of nitriles is 1. The number of nitrogens with zero attached hydrogens (tertiary/aromatic N) is 1. The van der Waals surface area contributed by atoms with Crippen LogP contribution in [0.5, 0.6) is 5.75 Å². The fourth-order valence-corrected chi connectivity index (χ4v) is 1.55. The van der Waals surface area contributed by atoms with Crippen LogP contribution in [0.4, 0.5) is 0 Å². The van der Waals surface area contributed by atoms with Crippen LogP contribution in [0.3, 0.4) is 0 Å². The first-order valence-electron chi connectivity index (χ1n) is 4.62. The van der Waals surface area contributed by atoms with E-state index in [-0.39, 0.29) is 22.6 Å². The van der Waals surface area contributed by atoms with E-state index >= 15 is 0 Å². The molecule has 0 saturated carbocycles. The van der Waals surface area contributed by atoms with Gasteiger partial charge in [0.25, 0.3) is 0 Å². The Morgan fingerprint density at radius 3 is 2.75 bits per heavy atom. The maximum Gasteiger partial charge on any atom is 0.339 e. The normalized spacial score (nSPS) is 9.38. The van der Waals surface area contributed by atoms with Crippen molar-refractivity contribution in [3.63, 3.8) is 0 Å². The van der Waals surface area contributed by atoms with Crippen LogP contribution in [-0.2, 0) is 4.74 Å². The molecule has 4 nitrogen and oxygen atoms in total. The largest absolute Gasteiger partial charge is 0.495 e. The molecule has 0 spiro atoms. The van der Waals surface area contributed by atoms with Crippen LogP contribution in [0.1, 0.15) is 22.8 Å². The number of carbonyl (C=O) groups excluding carboxylic acids is 1. The van der Waals surface area contributed by atoms with Crippen LogP contribution in [0.15, 0.2) is 17.0 Å². The molecule has 0 radical (unpaired) electrons. The number of thiol groups is 1. The van der Waals surface area contributed by atoms with E-state index in [1.54, 1.807) is 13.0 Å². The molecule has 0 heterocycles. The second-order valence-corrected chi connectivity index (χ2v) is 3.32. The van der Waals surface area contributed by atoms with Crippen molar-refractivity contribution in [2.24, 2.45) is 0 Å². The quantitative estimate of drug-likeness (QED) is 0.645. The number of methoxy groups -OCH3 is 1. The summed E-state index contributed by atoms with van der Waals surface area (Å²) in [5.74, 6) is -0.104. The molecular weight excluding hydrogens is 226 g/mol. The van der Waals surface area contributed by atoms with Gasteiger partial charge in [-0.15, -0.1) is 12.6 Å². The van der Waals surface area contributed by atoms with Gasteiger partial charge >= 0.3 is 5.97 Å². The van der Waals surface area contributed by atoms with Crippen molar-refractivity contribution in [2.75, 3.05) is 13.7 Å². The summed E-state index contributed by atoms with van der Waals surface area (Å²) in [7, 11) is 1.45. The fourth-order valence-electron chi connectivity index (χ4n) is 1.22. The molecular formula is C11H11NO3S. The molecule has 0 amide bonds. The third-order valence-corrected chi connectivity index (χ3v) is 2.43. The molecule has 0 aliphatic rings. The predicted octanol–water partition coefficient (Wildman–Crippen LogP) is 2.03. The van der Waals surface area contributed by atoms with E-state index < -0.39 is 5.97 Å². The molecule has 0 bridgehead atoms. The summed E-state index contributed by atoms with van der Waals surface area (Å²) < 4.78 is 9.83. The zero-order valence-electron chi connectivity index (χ0n) is 8.98. The highest BCUT2D eigenvalue weighted by Gasteiger charge is 2.16. The third kappa shape index (κ3) is 2.28. The van der Waals surface area contributed by atoms with E-state index in [4.69, 9.17) is 14.7 Å². The minimum atomic E-state index is -0.494. The average Bonchev–Trinajstić information content (AvgIpc) is 2.28. The highest BCUT2D eigenvalue weighted by molar-refractivity contribution is 7.80. The molecule has 0 atom stereocenters. The van der Waals surface area contributed by atoms with Crippen molar-refractivity contribution >= 4 is 18.6 Å². The maximum atomic E-state index is 11.5. The molecule has 1 rings (SSSR count). The van der Waals surface area contributed by atoms with Crippen LogP contribution in [0, 0.1) is 11.3 Å². The van der Waals surface area contributed by atoms with Gasteiger partial charge in [0.05, 0.1) is 19.3 Å². The lowest BCUT2D eigenvalue weighted by Crippen LogP contribution is -2.07. The Morgan fingerprint density at radius 1 is 1.56 bits per heavy atom. The zero-order valence-corrected chi connectivity index (χ0v) is 9.88. The molecule has 1 aromatic rings. The van der Waals surface area contributed by atoms with Crippen molar-refractivity contribution in [3.05, 3.63) is 23.3 Å². The fraction of sp³-hybridized carbons (Fsp3) is 0.273. The van der Waals surface area contributed by atoms with E-state index in [2.05, 4.69) is 12.6 Å². The van der Waals surface area contributed by atoms with E-state index in [0.717, 1.165) is 0 Å². The summed E-state index contributed by atoms with van der Waals surface area (Å²) in [6, 6.07) is 5.02. The van der Waals surface area contributed by atoms with Gasteiger partial charge in [-0.1, -0.05) is 0 Å². The standard InChI is InChI=1S/C11H11NO3S/c1-3-15-11(13)7-4-5-9(14-2)8(6-12)10(7)16/h4-5,16H,3H2,1-2H3. The van der Waals surface area contributed by atoms with Gasteiger partial charge < -0.3 is 9.47 Å². The topological polar surface area (TPSA) is 59.3 Å². The number of ether oxygens (including phenoxy) is 2. The number of esters is 1. The molecule has 0 aliphatic carbocycles. The smallest absolute Gasteiger partial charge is 0.339 e. The molecule has 84 valence electrons. The van der Waals surface area contributed by atoms with Crippen LogP contribution in [-0.4, -0.2) is 19.7 Å². The first kappa shape index (κ1) is 12.4. The van der Waals surface area contributed by atoms with Crippen molar-refractivity contribution < 1.29 is 14.3 Å². The lowest BCUT2D eigenvalue weighted by Gasteiger charge is -2.09. The highest BCUT2D eigenvalue weighted by Crippen LogP contribution is 2.28. The minimum Gasteiger partial charge on any atom is -0.495 e. The Bertz CT molecular complexity index is 451. The van der Waals surface area contributed by atoms with Gasteiger partial charge in [0, 0.05) is 4.90 Å². The number of hydrogen-bond acceptors (Lipinski definition) is 5. The summed E-state index contributed by atoms with van der Waals surface area (Å²) in [5, 5.41) is 8.94. The van der Waals surface area contributed by atoms with E-state index in [9.17, 15) is 4.79 Å². The Labute approximate surface area is 99.2 Å². The zero-order chi connectivity index (χ0) is 12.1. The SMILES string of the molecule is CCOC(=O)c1ccc(OC)c(C#N)c1S. The van der Waals surface area contributed by atoms with Crippen LogP contribution in [0.25, 0.3) is 0 Å². The minimum absolute atomic E-state index is 0.233. The monoisotopic (exact) mass is 237 g/mol. The summed E-state index contributed by atoms with van der Waals surface area (Å²) in [6.45, 7) is 1.99. The van der Waals surface area contributed by atoms with E-state index in [1.807, 2.05) is 6.07 Å². The second kappa shape index (κ2) is 5.42. The summed E-state index contributed by atoms with van der Waals surface area (Å²) >= 11 is 4.14. The van der Waals surface area contributed by atoms with Gasteiger partial charge in [-0.25, -0.2) is 4.79 Å². The van der Waals surface area contributed by atoms with Gasteiger partial charge in [0.2, 0.25) is 0 Å². The molecule has 0 fully saturated rings. The van der Waals surface area contributed by atoms with Crippen LogP contribution >= 0.6 is 12.6 Å².